The summed E-state index contributed by atoms with van der Waals surface area (Å²) in [5.74, 6) is -0.752. The van der Waals surface area contributed by atoms with Gasteiger partial charge in [-0.2, -0.15) is 14.0 Å². The minimum Gasteiger partial charge on any atom is -0.857 e. The topological polar surface area (TPSA) is 161 Å². The standard InChI is InChI=1S/C14H22N5O6PS/c1-2-3-4-23-26(22,27)24-6-9-8(20)5-10(25-9)19-7-16-11-12(19)17-14(15)18-13(11)21/h7-10,20H,2-6H2,1H3,(H,22,27)(H3,15,17,18,21)/p-1/t8-,9+,10+,26?/m0/s1. The molecule has 3 heterocycles. The quantitative estimate of drug-likeness (QED) is 0.305. The lowest BCUT2D eigenvalue weighted by molar-refractivity contribution is -0.272. The third-order valence-electron chi connectivity index (χ3n) is 4.08. The molecular weight excluding hydrogens is 397 g/mol. The molecule has 0 spiro atoms. The van der Waals surface area contributed by atoms with E-state index in [2.05, 4.69) is 15.0 Å². The summed E-state index contributed by atoms with van der Waals surface area (Å²) in [6.45, 7) is 2.16. The lowest BCUT2D eigenvalue weighted by atomic mass is 10.2. The van der Waals surface area contributed by atoms with Crippen LogP contribution in [0, 0.1) is 0 Å². The molecule has 150 valence electrons. The molecule has 11 nitrogen and oxygen atoms in total. The minimum absolute atomic E-state index is 0.0668. The predicted octanol–water partition coefficient (Wildman–Crippen LogP) is 0.181. The van der Waals surface area contributed by atoms with E-state index in [0.717, 1.165) is 12.8 Å². The highest BCUT2D eigenvalue weighted by Crippen LogP contribution is 2.55. The molecule has 1 fully saturated rings. The molecule has 1 aliphatic rings. The van der Waals surface area contributed by atoms with Crippen molar-refractivity contribution in [1.82, 2.24) is 19.5 Å². The SMILES string of the molecule is CCCCO[P+](O)([S-])OC[C@H]1O[C@@H](n2cnc3c([O-])nc(N)nc32)C[C@@H]1O. The van der Waals surface area contributed by atoms with Crippen LogP contribution in [0.15, 0.2) is 6.33 Å². The monoisotopic (exact) mass is 418 g/mol. The molecule has 3 rings (SSSR count). The molecule has 2 aromatic heterocycles. The highest BCUT2D eigenvalue weighted by molar-refractivity contribution is 8.35. The summed E-state index contributed by atoms with van der Waals surface area (Å²) < 4.78 is 17.7. The van der Waals surface area contributed by atoms with Gasteiger partial charge in [-0.05, 0) is 6.42 Å². The number of fused-ring (bicyclic) bond motifs is 1. The van der Waals surface area contributed by atoms with Gasteiger partial charge in [0.15, 0.2) is 5.65 Å². The molecule has 2 aromatic rings. The summed E-state index contributed by atoms with van der Waals surface area (Å²) in [6, 6.07) is 0. The van der Waals surface area contributed by atoms with Crippen molar-refractivity contribution >= 4 is 36.5 Å². The van der Waals surface area contributed by atoms with Crippen LogP contribution in [0.2, 0.25) is 0 Å². The molecule has 0 amide bonds. The summed E-state index contributed by atoms with van der Waals surface area (Å²) in [5, 5.41) is 22.1. The number of hydrogen-bond donors (Lipinski definition) is 3. The van der Waals surface area contributed by atoms with Crippen LogP contribution in [-0.4, -0.2) is 54.9 Å². The number of ether oxygens (including phenoxy) is 1. The zero-order valence-corrected chi connectivity index (χ0v) is 16.3. The maximum absolute atomic E-state index is 11.8. The molecule has 0 radical (unpaired) electrons. The Morgan fingerprint density at radius 2 is 2.26 bits per heavy atom. The first-order chi connectivity index (χ1) is 12.8. The van der Waals surface area contributed by atoms with Crippen molar-refractivity contribution in [2.24, 2.45) is 0 Å². The van der Waals surface area contributed by atoms with Crippen LogP contribution >= 0.6 is 7.15 Å². The van der Waals surface area contributed by atoms with E-state index < -0.39 is 31.5 Å². The second-order valence-electron chi connectivity index (χ2n) is 6.09. The fourth-order valence-corrected chi connectivity index (χ4v) is 3.86. The number of nitrogen functional groups attached to an aromatic ring is 1. The first kappa shape index (κ1) is 20.5. The summed E-state index contributed by atoms with van der Waals surface area (Å²) >= 11 is 4.94. The molecule has 0 bridgehead atoms. The van der Waals surface area contributed by atoms with E-state index in [1.54, 1.807) is 0 Å². The number of hydrogen-bond acceptors (Lipinski definition) is 11. The molecule has 0 saturated carbocycles. The third-order valence-corrected chi connectivity index (χ3v) is 5.69. The third kappa shape index (κ3) is 4.77. The van der Waals surface area contributed by atoms with E-state index >= 15 is 0 Å². The average Bonchev–Trinajstić information content (AvgIpc) is 3.16. The summed E-state index contributed by atoms with van der Waals surface area (Å²) in [4.78, 5) is 21.5. The zero-order chi connectivity index (χ0) is 19.6. The van der Waals surface area contributed by atoms with Crippen molar-refractivity contribution in [2.75, 3.05) is 18.9 Å². The van der Waals surface area contributed by atoms with Crippen molar-refractivity contribution < 1.29 is 28.9 Å². The van der Waals surface area contributed by atoms with Gasteiger partial charge >= 0.3 is 0 Å². The van der Waals surface area contributed by atoms with Gasteiger partial charge in [0.25, 0.3) is 7.15 Å². The minimum atomic E-state index is -3.39. The van der Waals surface area contributed by atoms with Crippen molar-refractivity contribution in [3.05, 3.63) is 6.33 Å². The van der Waals surface area contributed by atoms with E-state index in [0.29, 0.717) is 6.61 Å². The summed E-state index contributed by atoms with van der Waals surface area (Å²) in [7, 11) is -3.39. The Morgan fingerprint density at radius 3 is 3.00 bits per heavy atom. The molecule has 4 N–H and O–H groups in total. The smallest absolute Gasteiger partial charge is 0.286 e. The summed E-state index contributed by atoms with van der Waals surface area (Å²) in [6.07, 6.45) is 1.01. The Balaban J connectivity index is 1.65. The molecule has 4 atom stereocenters. The molecule has 0 aliphatic carbocycles. The van der Waals surface area contributed by atoms with Crippen LogP contribution in [0.5, 0.6) is 5.88 Å². The van der Waals surface area contributed by atoms with Crippen LogP contribution in [0.1, 0.15) is 32.4 Å². The number of imidazole rings is 1. The summed E-state index contributed by atoms with van der Waals surface area (Å²) in [5.41, 5.74) is 5.82. The number of nitrogens with two attached hydrogens (primary N) is 1. The Morgan fingerprint density at radius 1 is 1.48 bits per heavy atom. The van der Waals surface area contributed by atoms with Crippen LogP contribution in [0.4, 0.5) is 5.95 Å². The largest absolute Gasteiger partial charge is 0.857 e. The lowest BCUT2D eigenvalue weighted by Gasteiger charge is -2.23. The first-order valence-corrected chi connectivity index (χ1v) is 11.0. The van der Waals surface area contributed by atoms with E-state index in [-0.39, 0.29) is 30.1 Å². The maximum Gasteiger partial charge on any atom is 0.286 e. The van der Waals surface area contributed by atoms with Crippen LogP contribution in [-0.2, 0) is 26.0 Å². The Bertz CT molecular complexity index is 793. The Labute approximate surface area is 161 Å². The van der Waals surface area contributed by atoms with Crippen LogP contribution in [0.3, 0.4) is 0 Å². The first-order valence-electron chi connectivity index (χ1n) is 8.43. The Hall–Kier alpha value is -1.27. The second kappa shape index (κ2) is 8.39. The van der Waals surface area contributed by atoms with E-state index in [9.17, 15) is 15.1 Å². The average molecular weight is 418 g/mol. The van der Waals surface area contributed by atoms with Gasteiger partial charge in [0.05, 0.1) is 19.0 Å². The van der Waals surface area contributed by atoms with Crippen molar-refractivity contribution in [3.8, 4) is 5.88 Å². The maximum atomic E-state index is 11.8. The number of unbranched alkanes of at least 4 members (excludes halogenated alkanes) is 1. The number of nitrogens with zero attached hydrogens (tertiary/aromatic N) is 4. The van der Waals surface area contributed by atoms with Gasteiger partial charge in [-0.15, -0.1) is 0 Å². The van der Waals surface area contributed by atoms with Crippen LogP contribution < -0.4 is 10.8 Å². The van der Waals surface area contributed by atoms with Gasteiger partial charge in [-0.3, -0.25) is 4.57 Å². The molecule has 1 saturated heterocycles. The fraction of sp³-hybridized carbons (Fsp3) is 0.643. The van der Waals surface area contributed by atoms with Crippen molar-refractivity contribution in [3.63, 3.8) is 0 Å². The fourth-order valence-electron chi connectivity index (χ4n) is 2.68. The second-order valence-corrected chi connectivity index (χ2v) is 8.93. The highest BCUT2D eigenvalue weighted by atomic mass is 32.7. The molecular formula is C14H21N5O6PS-. The number of aliphatic hydroxyl groups excluding tert-OH is 1. The van der Waals surface area contributed by atoms with Crippen LogP contribution in [0.25, 0.3) is 11.2 Å². The van der Waals surface area contributed by atoms with E-state index in [1.807, 2.05) is 6.92 Å². The number of rotatable bonds is 8. The van der Waals surface area contributed by atoms with Gasteiger partial charge in [-0.25, -0.2) is 14.9 Å². The van der Waals surface area contributed by atoms with Crippen molar-refractivity contribution in [1.29, 1.82) is 0 Å². The van der Waals surface area contributed by atoms with Gasteiger partial charge in [0, 0.05) is 12.3 Å². The predicted molar refractivity (Wildman–Crippen MR) is 97.0 cm³/mol. The molecule has 1 unspecified atom stereocenters. The van der Waals surface area contributed by atoms with Crippen molar-refractivity contribution in [2.45, 2.75) is 44.6 Å². The Kier molecular flexibility index (Phi) is 6.36. The van der Waals surface area contributed by atoms with E-state index in [4.69, 9.17) is 31.8 Å². The number of aliphatic hydroxyl groups is 1. The lowest BCUT2D eigenvalue weighted by Crippen LogP contribution is -2.26. The van der Waals surface area contributed by atoms with Gasteiger partial charge in [0.2, 0.25) is 5.95 Å². The normalized spacial score (nSPS) is 25.1. The zero-order valence-electron chi connectivity index (χ0n) is 14.6. The van der Waals surface area contributed by atoms with E-state index in [1.165, 1.54) is 10.9 Å². The van der Waals surface area contributed by atoms with Gasteiger partial charge in [0.1, 0.15) is 24.5 Å². The molecule has 1 aliphatic heterocycles. The number of aromatic nitrogens is 4. The number of anilines is 1. The highest BCUT2D eigenvalue weighted by Gasteiger charge is 2.38. The van der Waals surface area contributed by atoms with Gasteiger partial charge < -0.3 is 32.9 Å². The molecule has 27 heavy (non-hydrogen) atoms. The van der Waals surface area contributed by atoms with Gasteiger partial charge in [-0.1, -0.05) is 13.3 Å². The molecule has 0 aromatic carbocycles. The molecule has 13 heteroatoms.